The van der Waals surface area contributed by atoms with Gasteiger partial charge in [-0.3, -0.25) is 4.79 Å². The molecule has 0 bridgehead atoms. The number of allylic oxidation sites excluding steroid dienone is 1. The van der Waals surface area contributed by atoms with Crippen molar-refractivity contribution < 1.29 is 30.8 Å². The van der Waals surface area contributed by atoms with Crippen LogP contribution in [0.25, 0.3) is 4.91 Å². The van der Waals surface area contributed by atoms with Gasteiger partial charge in [0.2, 0.25) is 9.84 Å². The molecule has 0 N–H and O–H groups in total. The van der Waals surface area contributed by atoms with Crippen molar-refractivity contribution in [3.8, 4) is 0 Å². The predicted molar refractivity (Wildman–Crippen MR) is 84.1 cm³/mol. The highest BCUT2D eigenvalue weighted by Gasteiger charge is 2.31. The fourth-order valence-electron chi connectivity index (χ4n) is 2.07. The Balaban J connectivity index is 2.63. The van der Waals surface area contributed by atoms with E-state index in [1.807, 2.05) is 0 Å². The molecule has 0 spiro atoms. The van der Waals surface area contributed by atoms with Crippen molar-refractivity contribution in [3.05, 3.63) is 71.6 Å². The molecule has 8 heteroatoms. The fourth-order valence-corrected chi connectivity index (χ4v) is 3.56. The lowest BCUT2D eigenvalue weighted by Gasteiger charge is -2.12. The van der Waals surface area contributed by atoms with Crippen LogP contribution in [-0.2, 0) is 9.84 Å². The molecule has 0 saturated heterocycles. The Hall–Kier alpha value is -2.48. The molecule has 2 rings (SSSR count). The number of carbonyl (C=O) groups is 1. The number of ketones is 1. The first kappa shape index (κ1) is 18.9. The Morgan fingerprint density at radius 3 is 1.84 bits per heavy atom. The first-order valence-corrected chi connectivity index (χ1v) is 8.40. The molecule has 0 aliphatic rings. The van der Waals surface area contributed by atoms with Gasteiger partial charge in [0.25, 0.3) is 0 Å². The zero-order valence-electron chi connectivity index (χ0n) is 12.8. The average Bonchev–Trinajstić information content (AvgIpc) is 2.52. The Labute approximate surface area is 141 Å². The molecule has 0 unspecified atom stereocenters. The van der Waals surface area contributed by atoms with Gasteiger partial charge >= 0.3 is 6.18 Å². The van der Waals surface area contributed by atoms with Crippen LogP contribution in [0.4, 0.5) is 17.6 Å². The van der Waals surface area contributed by atoms with E-state index in [4.69, 9.17) is 0 Å². The first-order valence-electron chi connectivity index (χ1n) is 6.92. The Morgan fingerprint density at radius 1 is 0.920 bits per heavy atom. The summed E-state index contributed by atoms with van der Waals surface area (Å²) < 4.78 is 76.7. The SMILES string of the molecule is CC(=O)c1ccc(/C(=C\C(F)(F)F)S(=O)(=O)c2ccc(F)cc2)cc1. The average molecular weight is 372 g/mol. The number of halogens is 4. The predicted octanol–water partition coefficient (Wildman–Crippen LogP) is 4.41. The van der Waals surface area contributed by atoms with E-state index in [-0.39, 0.29) is 23.0 Å². The molecule has 0 amide bonds. The van der Waals surface area contributed by atoms with Gasteiger partial charge in [0, 0.05) is 11.6 Å². The number of alkyl halides is 3. The summed E-state index contributed by atoms with van der Waals surface area (Å²) in [5.74, 6) is -1.03. The molecule has 132 valence electrons. The normalized spacial score (nSPS) is 12.9. The van der Waals surface area contributed by atoms with Crippen LogP contribution in [-0.4, -0.2) is 20.4 Å². The van der Waals surface area contributed by atoms with Gasteiger partial charge in [-0.1, -0.05) is 24.3 Å². The molecule has 3 nitrogen and oxygen atoms in total. The summed E-state index contributed by atoms with van der Waals surface area (Å²) in [6.45, 7) is 1.27. The van der Waals surface area contributed by atoms with Gasteiger partial charge in [0.15, 0.2) is 5.78 Å². The summed E-state index contributed by atoms with van der Waals surface area (Å²) >= 11 is 0. The number of rotatable bonds is 4. The van der Waals surface area contributed by atoms with Crippen LogP contribution in [0.3, 0.4) is 0 Å². The third kappa shape index (κ3) is 4.54. The zero-order valence-corrected chi connectivity index (χ0v) is 13.7. The smallest absolute Gasteiger partial charge is 0.295 e. The molecule has 2 aromatic carbocycles. The third-order valence-corrected chi connectivity index (χ3v) is 5.11. The van der Waals surface area contributed by atoms with Gasteiger partial charge < -0.3 is 0 Å². The summed E-state index contributed by atoms with van der Waals surface area (Å²) in [6, 6.07) is 8.18. The van der Waals surface area contributed by atoms with Crippen molar-refractivity contribution >= 4 is 20.5 Å². The molecule has 0 fully saturated rings. The van der Waals surface area contributed by atoms with Crippen molar-refractivity contribution in [1.29, 1.82) is 0 Å². The number of benzene rings is 2. The quantitative estimate of drug-likeness (QED) is 0.454. The zero-order chi connectivity index (χ0) is 18.8. The van der Waals surface area contributed by atoms with Crippen molar-refractivity contribution in [2.75, 3.05) is 0 Å². The van der Waals surface area contributed by atoms with Gasteiger partial charge in [-0.15, -0.1) is 0 Å². The summed E-state index contributed by atoms with van der Waals surface area (Å²) in [5.41, 5.74) is 0.000869. The number of carbonyl (C=O) groups excluding carboxylic acids is 1. The van der Waals surface area contributed by atoms with Crippen LogP contribution >= 0.6 is 0 Å². The lowest BCUT2D eigenvalue weighted by atomic mass is 10.1. The van der Waals surface area contributed by atoms with Crippen LogP contribution in [0, 0.1) is 5.82 Å². The van der Waals surface area contributed by atoms with Gasteiger partial charge in [0.1, 0.15) is 5.82 Å². The second-order valence-corrected chi connectivity index (χ2v) is 7.06. The molecule has 0 atom stereocenters. The van der Waals surface area contributed by atoms with E-state index in [0.29, 0.717) is 0 Å². The highest BCUT2D eigenvalue weighted by atomic mass is 32.2. The molecule has 0 heterocycles. The summed E-state index contributed by atoms with van der Waals surface area (Å²) in [4.78, 5) is 9.80. The topological polar surface area (TPSA) is 51.2 Å². The molecular weight excluding hydrogens is 360 g/mol. The van der Waals surface area contributed by atoms with Gasteiger partial charge in [-0.25, -0.2) is 12.8 Å². The molecule has 0 aromatic heterocycles. The standard InChI is InChI=1S/C17H12F4O3S/c1-11(22)12-2-4-13(5-3-12)16(10-17(19,20)21)25(23,24)15-8-6-14(18)7-9-15/h2-10H,1H3/b16-10+. The van der Waals surface area contributed by atoms with Crippen LogP contribution in [0.5, 0.6) is 0 Å². The number of sulfone groups is 1. The van der Waals surface area contributed by atoms with Crippen LogP contribution in [0.15, 0.2) is 59.5 Å². The van der Waals surface area contributed by atoms with E-state index in [2.05, 4.69) is 0 Å². The van der Waals surface area contributed by atoms with E-state index < -0.39 is 31.6 Å². The Morgan fingerprint density at radius 2 is 1.40 bits per heavy atom. The largest absolute Gasteiger partial charge is 0.411 e. The lowest BCUT2D eigenvalue weighted by Crippen LogP contribution is -2.10. The van der Waals surface area contributed by atoms with Gasteiger partial charge in [-0.2, -0.15) is 13.2 Å². The molecule has 2 aromatic rings. The third-order valence-electron chi connectivity index (χ3n) is 3.28. The summed E-state index contributed by atoms with van der Waals surface area (Å²) in [6.07, 6.45) is -5.21. The minimum absolute atomic E-state index is 0.230. The molecular formula is C17H12F4O3S. The van der Waals surface area contributed by atoms with E-state index in [1.165, 1.54) is 19.1 Å². The van der Waals surface area contributed by atoms with Crippen LogP contribution < -0.4 is 0 Å². The maximum atomic E-state index is 13.0. The van der Waals surface area contributed by atoms with E-state index in [0.717, 1.165) is 36.4 Å². The molecule has 0 aliphatic carbocycles. The Bertz CT molecular complexity index is 910. The van der Waals surface area contributed by atoms with Crippen molar-refractivity contribution in [1.82, 2.24) is 0 Å². The van der Waals surface area contributed by atoms with E-state index in [9.17, 15) is 30.8 Å². The molecule has 0 aliphatic heterocycles. The molecule has 0 saturated carbocycles. The fraction of sp³-hybridized carbons (Fsp3) is 0.118. The van der Waals surface area contributed by atoms with Crippen molar-refractivity contribution in [2.45, 2.75) is 18.0 Å². The maximum Gasteiger partial charge on any atom is 0.411 e. The monoisotopic (exact) mass is 372 g/mol. The Kier molecular flexibility index (Phi) is 5.12. The molecule has 25 heavy (non-hydrogen) atoms. The summed E-state index contributed by atoms with van der Waals surface area (Å²) in [5, 5.41) is 0. The second kappa shape index (κ2) is 6.79. The highest BCUT2D eigenvalue weighted by Crippen LogP contribution is 2.32. The van der Waals surface area contributed by atoms with Crippen LogP contribution in [0.1, 0.15) is 22.8 Å². The highest BCUT2D eigenvalue weighted by molar-refractivity contribution is 8.00. The first-order chi connectivity index (χ1) is 11.5. The van der Waals surface area contributed by atoms with Crippen molar-refractivity contribution in [3.63, 3.8) is 0 Å². The molecule has 0 radical (unpaired) electrons. The number of hydrogen-bond acceptors (Lipinski definition) is 3. The lowest BCUT2D eigenvalue weighted by molar-refractivity contribution is -0.0792. The van der Waals surface area contributed by atoms with Gasteiger partial charge in [-0.05, 0) is 36.8 Å². The van der Waals surface area contributed by atoms with E-state index in [1.54, 1.807) is 0 Å². The second-order valence-electron chi connectivity index (χ2n) is 5.14. The van der Waals surface area contributed by atoms with Gasteiger partial charge in [0.05, 0.1) is 9.80 Å². The maximum absolute atomic E-state index is 13.0. The number of hydrogen-bond donors (Lipinski definition) is 0. The van der Waals surface area contributed by atoms with Crippen molar-refractivity contribution in [2.24, 2.45) is 0 Å². The minimum Gasteiger partial charge on any atom is -0.295 e. The summed E-state index contributed by atoms with van der Waals surface area (Å²) in [7, 11) is -4.55. The minimum atomic E-state index is -4.89. The van der Waals surface area contributed by atoms with E-state index >= 15 is 0 Å². The van der Waals surface area contributed by atoms with Crippen LogP contribution in [0.2, 0.25) is 0 Å². The number of Topliss-reactive ketones (excluding diaryl/α,β-unsaturated/α-hetero) is 1.